The molecule has 0 saturated carbocycles. The van der Waals surface area contributed by atoms with Gasteiger partial charge in [-0.15, -0.1) is 0 Å². The highest BCUT2D eigenvalue weighted by atomic mass is 32.2. The van der Waals surface area contributed by atoms with Gasteiger partial charge in [0.15, 0.2) is 0 Å². The first-order valence-corrected chi connectivity index (χ1v) is 7.19. The van der Waals surface area contributed by atoms with E-state index in [0.717, 1.165) is 5.03 Å². The van der Waals surface area contributed by atoms with Crippen molar-refractivity contribution in [2.75, 3.05) is 18.8 Å². The third-order valence-electron chi connectivity index (χ3n) is 3.33. The van der Waals surface area contributed by atoms with Crippen molar-refractivity contribution in [3.63, 3.8) is 0 Å². The van der Waals surface area contributed by atoms with Gasteiger partial charge in [-0.1, -0.05) is 17.8 Å². The number of hydrogen-bond acceptors (Lipinski definition) is 5. The van der Waals surface area contributed by atoms with Crippen LogP contribution in [-0.2, 0) is 4.79 Å². The highest BCUT2D eigenvalue weighted by Crippen LogP contribution is 2.23. The Kier molecular flexibility index (Phi) is 4.44. The lowest BCUT2D eigenvalue weighted by Crippen LogP contribution is -2.55. The number of aliphatic hydroxyl groups excluding tert-OH is 1. The van der Waals surface area contributed by atoms with Crippen LogP contribution in [0.4, 0.5) is 0 Å². The van der Waals surface area contributed by atoms with Crippen molar-refractivity contribution in [1.82, 2.24) is 9.88 Å². The Bertz CT molecular complexity index is 439. The summed E-state index contributed by atoms with van der Waals surface area (Å²) < 4.78 is 0. The standard InChI is InChI=1S/C13H18N2O3S/c1-13(18)5-7-15(8-10(13)16)12(17)9-19-11-4-2-3-6-14-11/h2-4,6,10,16,18H,5,7-9H2,1H3/t10-,13-/m1/s1. The molecule has 0 radical (unpaired) electrons. The Labute approximate surface area is 116 Å². The molecule has 0 aliphatic carbocycles. The average molecular weight is 282 g/mol. The number of β-amino-alcohol motifs (C(OH)–C–C–N with tert-alkyl or cyclic N) is 1. The van der Waals surface area contributed by atoms with Gasteiger partial charge in [0.1, 0.15) is 0 Å². The number of likely N-dealkylation sites (tertiary alicyclic amines) is 1. The molecule has 1 aliphatic heterocycles. The summed E-state index contributed by atoms with van der Waals surface area (Å²) in [6, 6.07) is 5.56. The summed E-state index contributed by atoms with van der Waals surface area (Å²) in [7, 11) is 0. The Morgan fingerprint density at radius 1 is 1.63 bits per heavy atom. The van der Waals surface area contributed by atoms with Crippen molar-refractivity contribution >= 4 is 17.7 Å². The molecule has 1 amide bonds. The van der Waals surface area contributed by atoms with Gasteiger partial charge in [-0.3, -0.25) is 4.79 Å². The number of nitrogens with zero attached hydrogens (tertiary/aromatic N) is 2. The van der Waals surface area contributed by atoms with Gasteiger partial charge in [-0.25, -0.2) is 4.98 Å². The van der Waals surface area contributed by atoms with E-state index in [4.69, 9.17) is 0 Å². The number of piperidine rings is 1. The van der Waals surface area contributed by atoms with E-state index in [-0.39, 0.29) is 12.5 Å². The SMILES string of the molecule is C[C@@]1(O)CCN(C(=O)CSc2ccccn2)C[C@H]1O. The topological polar surface area (TPSA) is 73.7 Å². The monoisotopic (exact) mass is 282 g/mol. The lowest BCUT2D eigenvalue weighted by atomic mass is 9.91. The van der Waals surface area contributed by atoms with Crippen molar-refractivity contribution in [3.8, 4) is 0 Å². The zero-order valence-electron chi connectivity index (χ0n) is 10.8. The molecule has 19 heavy (non-hydrogen) atoms. The summed E-state index contributed by atoms with van der Waals surface area (Å²) in [6.45, 7) is 2.27. The van der Waals surface area contributed by atoms with E-state index >= 15 is 0 Å². The highest BCUT2D eigenvalue weighted by Gasteiger charge is 2.37. The van der Waals surface area contributed by atoms with Crippen molar-refractivity contribution in [2.45, 2.75) is 30.1 Å². The molecule has 0 aromatic carbocycles. The summed E-state index contributed by atoms with van der Waals surface area (Å²) >= 11 is 1.38. The maximum absolute atomic E-state index is 12.0. The van der Waals surface area contributed by atoms with Gasteiger partial charge in [0.25, 0.3) is 0 Å². The van der Waals surface area contributed by atoms with Crippen LogP contribution in [0, 0.1) is 0 Å². The molecule has 1 saturated heterocycles. The van der Waals surface area contributed by atoms with Gasteiger partial charge in [-0.2, -0.15) is 0 Å². The molecule has 1 fully saturated rings. The van der Waals surface area contributed by atoms with E-state index in [1.54, 1.807) is 18.0 Å². The quantitative estimate of drug-likeness (QED) is 0.791. The molecule has 2 N–H and O–H groups in total. The van der Waals surface area contributed by atoms with Crippen molar-refractivity contribution < 1.29 is 15.0 Å². The minimum Gasteiger partial charge on any atom is -0.388 e. The maximum Gasteiger partial charge on any atom is 0.233 e. The Hall–Kier alpha value is -1.11. The largest absolute Gasteiger partial charge is 0.388 e. The number of aromatic nitrogens is 1. The fourth-order valence-electron chi connectivity index (χ4n) is 1.91. The van der Waals surface area contributed by atoms with Crippen LogP contribution in [0.5, 0.6) is 0 Å². The molecule has 2 rings (SSSR count). The number of pyridine rings is 1. The molecule has 1 aliphatic rings. The van der Waals surface area contributed by atoms with Gasteiger partial charge in [-0.05, 0) is 25.5 Å². The maximum atomic E-state index is 12.0. The summed E-state index contributed by atoms with van der Waals surface area (Å²) in [6.07, 6.45) is 1.20. The predicted molar refractivity (Wildman–Crippen MR) is 72.8 cm³/mol. The van der Waals surface area contributed by atoms with E-state index < -0.39 is 11.7 Å². The second kappa shape index (κ2) is 5.90. The van der Waals surface area contributed by atoms with Crippen LogP contribution in [0.2, 0.25) is 0 Å². The van der Waals surface area contributed by atoms with Crippen LogP contribution in [-0.4, -0.2) is 56.6 Å². The minimum absolute atomic E-state index is 0.0368. The molecule has 2 atom stereocenters. The van der Waals surface area contributed by atoms with Crippen LogP contribution in [0.3, 0.4) is 0 Å². The van der Waals surface area contributed by atoms with Gasteiger partial charge >= 0.3 is 0 Å². The number of aliphatic hydroxyl groups is 2. The Balaban J connectivity index is 1.84. The molecule has 6 heteroatoms. The van der Waals surface area contributed by atoms with E-state index in [1.165, 1.54) is 11.8 Å². The number of thioether (sulfide) groups is 1. The first-order valence-electron chi connectivity index (χ1n) is 6.21. The number of carbonyl (C=O) groups is 1. The first kappa shape index (κ1) is 14.3. The second-order valence-corrected chi connectivity index (χ2v) is 5.92. The lowest BCUT2D eigenvalue weighted by molar-refractivity contribution is -0.143. The predicted octanol–water partition coefficient (Wildman–Crippen LogP) is 0.518. The van der Waals surface area contributed by atoms with E-state index in [2.05, 4.69) is 4.98 Å². The summed E-state index contributed by atoms with van der Waals surface area (Å²) in [5, 5.41) is 20.4. The molecule has 5 nitrogen and oxygen atoms in total. The number of hydrogen-bond donors (Lipinski definition) is 2. The minimum atomic E-state index is -1.09. The third-order valence-corrected chi connectivity index (χ3v) is 4.26. The zero-order chi connectivity index (χ0) is 13.9. The van der Waals surface area contributed by atoms with Gasteiger partial charge in [0.05, 0.1) is 22.5 Å². The van der Waals surface area contributed by atoms with Crippen LogP contribution < -0.4 is 0 Å². The number of amides is 1. The molecule has 2 heterocycles. The molecular formula is C13H18N2O3S. The van der Waals surface area contributed by atoms with Crippen molar-refractivity contribution in [3.05, 3.63) is 24.4 Å². The molecule has 1 aromatic rings. The zero-order valence-corrected chi connectivity index (χ0v) is 11.6. The lowest BCUT2D eigenvalue weighted by Gasteiger charge is -2.39. The smallest absolute Gasteiger partial charge is 0.233 e. The Morgan fingerprint density at radius 2 is 2.42 bits per heavy atom. The van der Waals surface area contributed by atoms with Gasteiger partial charge in [0.2, 0.25) is 5.91 Å². The third kappa shape index (κ3) is 3.68. The van der Waals surface area contributed by atoms with E-state index in [9.17, 15) is 15.0 Å². The van der Waals surface area contributed by atoms with Crippen LogP contribution >= 0.6 is 11.8 Å². The molecule has 104 valence electrons. The summed E-state index contributed by atoms with van der Waals surface area (Å²) in [4.78, 5) is 17.7. The van der Waals surface area contributed by atoms with Crippen LogP contribution in [0.1, 0.15) is 13.3 Å². The van der Waals surface area contributed by atoms with Crippen LogP contribution in [0.25, 0.3) is 0 Å². The number of rotatable bonds is 3. The molecule has 0 unspecified atom stereocenters. The fourth-order valence-corrected chi connectivity index (χ4v) is 2.67. The first-order chi connectivity index (χ1) is 8.99. The van der Waals surface area contributed by atoms with Crippen molar-refractivity contribution in [1.29, 1.82) is 0 Å². The van der Waals surface area contributed by atoms with E-state index in [0.29, 0.717) is 18.7 Å². The normalized spacial score (nSPS) is 27.3. The fraction of sp³-hybridized carbons (Fsp3) is 0.538. The second-order valence-electron chi connectivity index (χ2n) is 4.92. The molecule has 0 spiro atoms. The van der Waals surface area contributed by atoms with E-state index in [1.807, 2.05) is 18.2 Å². The summed E-state index contributed by atoms with van der Waals surface area (Å²) in [5.74, 6) is 0.261. The molecule has 1 aromatic heterocycles. The van der Waals surface area contributed by atoms with Crippen LogP contribution in [0.15, 0.2) is 29.4 Å². The van der Waals surface area contributed by atoms with Gasteiger partial charge < -0.3 is 15.1 Å². The van der Waals surface area contributed by atoms with Gasteiger partial charge in [0, 0.05) is 19.3 Å². The Morgan fingerprint density at radius 3 is 3.05 bits per heavy atom. The average Bonchev–Trinajstić information content (AvgIpc) is 2.40. The van der Waals surface area contributed by atoms with Crippen molar-refractivity contribution in [2.24, 2.45) is 0 Å². The number of carbonyl (C=O) groups excluding carboxylic acids is 1. The summed E-state index contributed by atoms with van der Waals surface area (Å²) in [5.41, 5.74) is -1.09. The molecule has 0 bridgehead atoms. The highest BCUT2D eigenvalue weighted by molar-refractivity contribution is 7.99. The molecular weight excluding hydrogens is 264 g/mol.